The Morgan fingerprint density at radius 2 is 1.82 bits per heavy atom. The molecule has 0 fully saturated rings. The van der Waals surface area contributed by atoms with Crippen LogP contribution in [0.25, 0.3) is 0 Å². The van der Waals surface area contributed by atoms with Gasteiger partial charge in [-0.15, -0.1) is 4.91 Å². The highest BCUT2D eigenvalue weighted by Gasteiger charge is 2.02. The van der Waals surface area contributed by atoms with Gasteiger partial charge < -0.3 is 0 Å². The molecular weight excluding hydrogens is 142 g/mol. The summed E-state index contributed by atoms with van der Waals surface area (Å²) in [6.07, 6.45) is 0. The van der Waals surface area contributed by atoms with Crippen LogP contribution in [0.2, 0.25) is 0 Å². The van der Waals surface area contributed by atoms with Crippen molar-refractivity contribution in [3.05, 3.63) is 40.3 Å². The number of amides is 1. The monoisotopic (exact) mass is 149 g/mol. The van der Waals surface area contributed by atoms with Crippen molar-refractivity contribution in [1.29, 1.82) is 0 Å². The van der Waals surface area contributed by atoms with Crippen molar-refractivity contribution in [3.63, 3.8) is 0 Å². The predicted molar refractivity (Wildman–Crippen MR) is 41.3 cm³/mol. The number of nitrogens with zero attached hydrogens (tertiary/aromatic N) is 1. The number of aryl methyl sites for hydroxylation is 1. The molecule has 0 unspecified atom stereocenters. The second-order valence-electron chi connectivity index (χ2n) is 2.26. The van der Waals surface area contributed by atoms with Crippen LogP contribution in [0.3, 0.4) is 0 Å². The average molecular weight is 149 g/mol. The molecule has 3 heteroatoms. The lowest BCUT2D eigenvalue weighted by molar-refractivity contribution is 0.100. The standard InChI is InChI=1S/C8H7NO2/c1-6-2-4-7(5-3-6)8(10)9-11/h2-5H,1H3. The molecule has 1 rings (SSSR count). The Hall–Kier alpha value is -1.51. The summed E-state index contributed by atoms with van der Waals surface area (Å²) in [5.41, 5.74) is 1.39. The Morgan fingerprint density at radius 3 is 2.27 bits per heavy atom. The fraction of sp³-hybridized carbons (Fsp3) is 0.125. The van der Waals surface area contributed by atoms with Crippen molar-refractivity contribution in [1.82, 2.24) is 0 Å². The number of hydrogen-bond acceptors (Lipinski definition) is 2. The molecule has 0 aliphatic rings. The molecule has 0 saturated carbocycles. The molecule has 0 bridgehead atoms. The van der Waals surface area contributed by atoms with E-state index < -0.39 is 5.91 Å². The van der Waals surface area contributed by atoms with Gasteiger partial charge in [-0.2, -0.15) is 0 Å². The molecule has 0 spiro atoms. The Balaban J connectivity index is 2.98. The fourth-order valence-corrected chi connectivity index (χ4v) is 0.749. The third-order valence-electron chi connectivity index (χ3n) is 1.38. The molecule has 11 heavy (non-hydrogen) atoms. The van der Waals surface area contributed by atoms with Gasteiger partial charge >= 0.3 is 5.91 Å². The second kappa shape index (κ2) is 3.05. The smallest absolute Gasteiger partial charge is 0.263 e. The van der Waals surface area contributed by atoms with Crippen LogP contribution in [0.4, 0.5) is 0 Å². The van der Waals surface area contributed by atoms with E-state index in [1.165, 1.54) is 0 Å². The molecule has 0 radical (unpaired) electrons. The first-order chi connectivity index (χ1) is 5.24. The Bertz CT molecular complexity index is 277. The van der Waals surface area contributed by atoms with Crippen LogP contribution in [0.1, 0.15) is 15.9 Å². The van der Waals surface area contributed by atoms with Crippen LogP contribution < -0.4 is 0 Å². The van der Waals surface area contributed by atoms with Crippen LogP contribution in [0.5, 0.6) is 0 Å². The third-order valence-corrected chi connectivity index (χ3v) is 1.38. The Morgan fingerprint density at radius 1 is 1.27 bits per heavy atom. The summed E-state index contributed by atoms with van der Waals surface area (Å²) in [6.45, 7) is 1.91. The van der Waals surface area contributed by atoms with Crippen molar-refractivity contribution in [3.8, 4) is 0 Å². The van der Waals surface area contributed by atoms with Crippen molar-refractivity contribution >= 4 is 5.91 Å². The zero-order chi connectivity index (χ0) is 8.27. The summed E-state index contributed by atoms with van der Waals surface area (Å²) >= 11 is 0. The minimum atomic E-state index is -0.718. The van der Waals surface area contributed by atoms with Gasteiger partial charge in [0.25, 0.3) is 0 Å². The molecule has 0 saturated heterocycles. The van der Waals surface area contributed by atoms with Crippen LogP contribution in [-0.4, -0.2) is 5.91 Å². The molecule has 0 atom stereocenters. The Labute approximate surface area is 64.0 Å². The van der Waals surface area contributed by atoms with Crippen molar-refractivity contribution < 1.29 is 4.79 Å². The van der Waals surface area contributed by atoms with E-state index in [0.717, 1.165) is 5.56 Å². The Kier molecular flexibility index (Phi) is 2.11. The lowest BCUT2D eigenvalue weighted by atomic mass is 10.1. The molecular formula is C8H7NO2. The minimum Gasteiger partial charge on any atom is -0.263 e. The molecule has 0 aromatic heterocycles. The first kappa shape index (κ1) is 7.60. The fourth-order valence-electron chi connectivity index (χ4n) is 0.749. The van der Waals surface area contributed by atoms with Gasteiger partial charge in [0.15, 0.2) is 0 Å². The van der Waals surface area contributed by atoms with Crippen LogP contribution in [0.15, 0.2) is 29.4 Å². The highest BCUT2D eigenvalue weighted by Crippen LogP contribution is 2.03. The number of carbonyl (C=O) groups is 1. The lowest BCUT2D eigenvalue weighted by Gasteiger charge is -1.92. The van der Waals surface area contributed by atoms with Crippen LogP contribution in [0, 0.1) is 11.8 Å². The van der Waals surface area contributed by atoms with Crippen molar-refractivity contribution in [2.75, 3.05) is 0 Å². The van der Waals surface area contributed by atoms with E-state index >= 15 is 0 Å². The van der Waals surface area contributed by atoms with E-state index in [2.05, 4.69) is 5.18 Å². The predicted octanol–water partition coefficient (Wildman–Crippen LogP) is 1.90. The van der Waals surface area contributed by atoms with Gasteiger partial charge in [0.2, 0.25) is 0 Å². The molecule has 56 valence electrons. The normalized spacial score (nSPS) is 9.18. The van der Waals surface area contributed by atoms with Gasteiger partial charge in [0, 0.05) is 10.7 Å². The van der Waals surface area contributed by atoms with Gasteiger partial charge in [-0.1, -0.05) is 17.7 Å². The van der Waals surface area contributed by atoms with E-state index in [-0.39, 0.29) is 0 Å². The summed E-state index contributed by atoms with van der Waals surface area (Å²) < 4.78 is 0. The molecule has 1 aromatic rings. The number of carbonyl (C=O) groups excluding carboxylic acids is 1. The van der Waals surface area contributed by atoms with E-state index in [4.69, 9.17) is 0 Å². The molecule has 1 aromatic carbocycles. The molecule has 0 N–H and O–H groups in total. The van der Waals surface area contributed by atoms with Crippen molar-refractivity contribution in [2.45, 2.75) is 6.92 Å². The average Bonchev–Trinajstić information content (AvgIpc) is 2.05. The quantitative estimate of drug-likeness (QED) is 0.572. The largest absolute Gasteiger partial charge is 0.316 e. The lowest BCUT2D eigenvalue weighted by Crippen LogP contribution is -1.91. The highest BCUT2D eigenvalue weighted by atomic mass is 16.3. The zero-order valence-corrected chi connectivity index (χ0v) is 6.07. The van der Waals surface area contributed by atoms with E-state index in [9.17, 15) is 9.70 Å². The van der Waals surface area contributed by atoms with Crippen molar-refractivity contribution in [2.24, 2.45) is 5.18 Å². The SMILES string of the molecule is Cc1ccc(C(=O)N=O)cc1. The minimum absolute atomic E-state index is 0.339. The first-order valence-corrected chi connectivity index (χ1v) is 3.18. The molecule has 3 nitrogen and oxygen atoms in total. The van der Waals surface area contributed by atoms with Gasteiger partial charge in [0.05, 0.1) is 0 Å². The van der Waals surface area contributed by atoms with E-state index in [1.807, 2.05) is 6.92 Å². The summed E-state index contributed by atoms with van der Waals surface area (Å²) in [6, 6.07) is 6.69. The molecule has 1 amide bonds. The summed E-state index contributed by atoms with van der Waals surface area (Å²) in [5.74, 6) is -0.718. The summed E-state index contributed by atoms with van der Waals surface area (Å²) in [5, 5.41) is 2.30. The maximum absolute atomic E-state index is 10.6. The van der Waals surface area contributed by atoms with Gasteiger partial charge in [-0.25, -0.2) is 0 Å². The molecule has 0 aliphatic carbocycles. The number of hydrogen-bond donors (Lipinski definition) is 0. The second-order valence-corrected chi connectivity index (χ2v) is 2.26. The van der Waals surface area contributed by atoms with Crippen LogP contribution >= 0.6 is 0 Å². The summed E-state index contributed by atoms with van der Waals surface area (Å²) in [4.78, 5) is 20.4. The van der Waals surface area contributed by atoms with Gasteiger partial charge in [-0.3, -0.25) is 4.79 Å². The summed E-state index contributed by atoms with van der Waals surface area (Å²) in [7, 11) is 0. The number of nitroso groups, excluding NO2 is 1. The maximum atomic E-state index is 10.6. The van der Waals surface area contributed by atoms with E-state index in [0.29, 0.717) is 5.56 Å². The third kappa shape index (κ3) is 1.70. The maximum Gasteiger partial charge on any atom is 0.316 e. The first-order valence-electron chi connectivity index (χ1n) is 3.18. The van der Waals surface area contributed by atoms with Gasteiger partial charge in [-0.05, 0) is 19.1 Å². The molecule has 0 heterocycles. The zero-order valence-electron chi connectivity index (χ0n) is 6.07. The highest BCUT2D eigenvalue weighted by molar-refractivity contribution is 5.94. The van der Waals surface area contributed by atoms with Gasteiger partial charge in [0.1, 0.15) is 0 Å². The molecule has 0 aliphatic heterocycles. The number of benzene rings is 1. The topological polar surface area (TPSA) is 46.5 Å². The van der Waals surface area contributed by atoms with E-state index in [1.54, 1.807) is 24.3 Å². The van der Waals surface area contributed by atoms with Crippen LogP contribution in [-0.2, 0) is 0 Å². The number of rotatable bonds is 1.